The van der Waals surface area contributed by atoms with Crippen molar-refractivity contribution in [1.29, 1.82) is 0 Å². The number of aryl methyl sites for hydroxylation is 2. The molecule has 1 amide bonds. The maximum atomic E-state index is 12.0. The summed E-state index contributed by atoms with van der Waals surface area (Å²) in [6.07, 6.45) is 3.16. The maximum Gasteiger partial charge on any atom is 0.241 e. The Morgan fingerprint density at radius 3 is 2.73 bits per heavy atom. The third-order valence-electron chi connectivity index (χ3n) is 3.29. The van der Waals surface area contributed by atoms with Crippen molar-refractivity contribution >= 4 is 24.0 Å². The van der Waals surface area contributed by atoms with Crippen LogP contribution in [-0.2, 0) is 4.79 Å². The van der Waals surface area contributed by atoms with Crippen LogP contribution in [0.3, 0.4) is 0 Å². The average molecular weight is 324 g/mol. The zero-order valence-electron chi connectivity index (χ0n) is 13.1. The number of benzene rings is 1. The average Bonchev–Trinajstić information content (AvgIpc) is 2.87. The van der Waals surface area contributed by atoms with Crippen LogP contribution in [0.2, 0.25) is 0 Å². The van der Waals surface area contributed by atoms with Crippen molar-refractivity contribution in [1.82, 2.24) is 4.98 Å². The molecule has 0 fully saturated rings. The molecule has 0 aliphatic rings. The van der Waals surface area contributed by atoms with Gasteiger partial charge >= 0.3 is 0 Å². The number of hydrogen-bond acceptors (Lipinski definition) is 4. The Balaban J connectivity index is 0.00000242. The van der Waals surface area contributed by atoms with Crippen LogP contribution in [0, 0.1) is 13.8 Å². The van der Waals surface area contributed by atoms with Crippen molar-refractivity contribution in [3.63, 3.8) is 0 Å². The molecular weight excluding hydrogens is 302 g/mol. The van der Waals surface area contributed by atoms with Crippen molar-refractivity contribution in [3.8, 4) is 11.5 Å². The van der Waals surface area contributed by atoms with Gasteiger partial charge in [0.15, 0.2) is 0 Å². The molecule has 0 saturated carbocycles. The normalized spacial score (nSPS) is 11.6. The van der Waals surface area contributed by atoms with Crippen LogP contribution in [-0.4, -0.2) is 16.9 Å². The van der Waals surface area contributed by atoms with Gasteiger partial charge in [0.2, 0.25) is 11.8 Å². The van der Waals surface area contributed by atoms with E-state index in [-0.39, 0.29) is 18.3 Å². The lowest BCUT2D eigenvalue weighted by molar-refractivity contribution is -0.117. The van der Waals surface area contributed by atoms with Crippen LogP contribution in [0.5, 0.6) is 0 Å². The summed E-state index contributed by atoms with van der Waals surface area (Å²) < 4.78 is 5.43. The zero-order valence-corrected chi connectivity index (χ0v) is 13.9. The van der Waals surface area contributed by atoms with Gasteiger partial charge in [-0.2, -0.15) is 0 Å². The van der Waals surface area contributed by atoms with E-state index in [2.05, 4.69) is 10.3 Å². The smallest absolute Gasteiger partial charge is 0.241 e. The van der Waals surface area contributed by atoms with Crippen LogP contribution in [0.25, 0.3) is 11.5 Å². The summed E-state index contributed by atoms with van der Waals surface area (Å²) >= 11 is 0. The second kappa shape index (κ2) is 7.96. The molecule has 5 nitrogen and oxygen atoms in total. The van der Waals surface area contributed by atoms with Gasteiger partial charge in [-0.05, 0) is 38.0 Å². The fraction of sp³-hybridized carbons (Fsp3) is 0.375. The number of oxazole rings is 1. The predicted molar refractivity (Wildman–Crippen MR) is 90.2 cm³/mol. The fourth-order valence-electron chi connectivity index (χ4n) is 2.08. The van der Waals surface area contributed by atoms with E-state index in [9.17, 15) is 4.79 Å². The Labute approximate surface area is 136 Å². The molecule has 0 aliphatic heterocycles. The highest BCUT2D eigenvalue weighted by atomic mass is 35.5. The van der Waals surface area contributed by atoms with Gasteiger partial charge in [0.25, 0.3) is 0 Å². The van der Waals surface area contributed by atoms with Gasteiger partial charge in [-0.15, -0.1) is 12.4 Å². The molecule has 1 atom stereocenters. The summed E-state index contributed by atoms with van der Waals surface area (Å²) in [6, 6.07) is 5.15. The molecule has 0 aliphatic carbocycles. The van der Waals surface area contributed by atoms with Gasteiger partial charge in [-0.25, -0.2) is 4.98 Å². The number of carbonyl (C=O) groups excluding carboxylic acids is 1. The summed E-state index contributed by atoms with van der Waals surface area (Å²) in [7, 11) is 0. The first-order valence-electron chi connectivity index (χ1n) is 7.11. The molecule has 120 valence electrons. The highest BCUT2D eigenvalue weighted by Gasteiger charge is 2.14. The number of carbonyl (C=O) groups is 1. The predicted octanol–water partition coefficient (Wildman–Crippen LogP) is 3.45. The van der Waals surface area contributed by atoms with E-state index in [1.807, 2.05) is 39.0 Å². The summed E-state index contributed by atoms with van der Waals surface area (Å²) in [6.45, 7) is 5.85. The molecule has 0 spiro atoms. The lowest BCUT2D eigenvalue weighted by atomic mass is 10.1. The number of aromatic nitrogens is 1. The van der Waals surface area contributed by atoms with Crippen LogP contribution in [0.1, 0.15) is 31.0 Å². The number of nitrogens with one attached hydrogen (secondary N) is 1. The molecule has 1 aromatic heterocycles. The summed E-state index contributed by atoms with van der Waals surface area (Å²) in [5.74, 6) is 0.384. The van der Waals surface area contributed by atoms with Gasteiger partial charge < -0.3 is 15.5 Å². The van der Waals surface area contributed by atoms with Crippen molar-refractivity contribution in [2.75, 3.05) is 5.32 Å². The molecule has 1 heterocycles. The van der Waals surface area contributed by atoms with E-state index >= 15 is 0 Å². The minimum Gasteiger partial charge on any atom is -0.444 e. The van der Waals surface area contributed by atoms with Crippen LogP contribution in [0.4, 0.5) is 5.69 Å². The molecule has 1 unspecified atom stereocenters. The topological polar surface area (TPSA) is 81.2 Å². The molecule has 1 aromatic carbocycles. The number of rotatable bonds is 5. The molecule has 6 heteroatoms. The van der Waals surface area contributed by atoms with E-state index in [0.29, 0.717) is 18.0 Å². The van der Waals surface area contributed by atoms with E-state index in [1.54, 1.807) is 6.26 Å². The third-order valence-corrected chi connectivity index (χ3v) is 3.29. The largest absolute Gasteiger partial charge is 0.444 e. The molecule has 22 heavy (non-hydrogen) atoms. The quantitative estimate of drug-likeness (QED) is 0.883. The van der Waals surface area contributed by atoms with E-state index in [0.717, 1.165) is 23.2 Å². The van der Waals surface area contributed by atoms with Gasteiger partial charge in [-0.1, -0.05) is 19.4 Å². The Hall–Kier alpha value is -1.85. The molecule has 0 bridgehead atoms. The van der Waals surface area contributed by atoms with Crippen molar-refractivity contribution in [2.45, 2.75) is 39.7 Å². The SMILES string of the molecule is CCCC(N)C(=O)Nc1ccc(C)c(-c2nc(C)co2)c1.Cl. The highest BCUT2D eigenvalue weighted by molar-refractivity contribution is 5.95. The second-order valence-corrected chi connectivity index (χ2v) is 5.21. The van der Waals surface area contributed by atoms with E-state index in [1.165, 1.54) is 0 Å². The molecule has 2 aromatic rings. The van der Waals surface area contributed by atoms with Crippen LogP contribution >= 0.6 is 12.4 Å². The monoisotopic (exact) mass is 323 g/mol. The third kappa shape index (κ3) is 4.32. The van der Waals surface area contributed by atoms with Crippen molar-refractivity contribution < 1.29 is 9.21 Å². The van der Waals surface area contributed by atoms with Crippen molar-refractivity contribution in [2.24, 2.45) is 5.73 Å². The molecule has 0 saturated heterocycles. The first-order valence-corrected chi connectivity index (χ1v) is 7.11. The summed E-state index contributed by atoms with van der Waals surface area (Å²) in [4.78, 5) is 16.3. The molecular formula is C16H22ClN3O2. The number of nitrogens with two attached hydrogens (primary N) is 1. The van der Waals surface area contributed by atoms with Gasteiger partial charge in [-0.3, -0.25) is 4.79 Å². The minimum absolute atomic E-state index is 0. The first kappa shape index (κ1) is 18.2. The maximum absolute atomic E-state index is 12.0. The van der Waals surface area contributed by atoms with Crippen LogP contribution < -0.4 is 11.1 Å². The Kier molecular flexibility index (Phi) is 6.59. The Bertz CT molecular complexity index is 640. The Morgan fingerprint density at radius 1 is 1.41 bits per heavy atom. The standard InChI is InChI=1S/C16H21N3O2.ClH/c1-4-5-14(17)15(20)19-12-7-6-10(2)13(8-12)16-18-11(3)9-21-16;/h6-9,14H,4-5,17H2,1-3H3,(H,19,20);1H. The lowest BCUT2D eigenvalue weighted by Gasteiger charge is -2.12. The van der Waals surface area contributed by atoms with Crippen LogP contribution in [0.15, 0.2) is 28.9 Å². The Morgan fingerprint density at radius 2 is 2.14 bits per heavy atom. The van der Waals surface area contributed by atoms with Gasteiger partial charge in [0, 0.05) is 11.3 Å². The molecule has 2 rings (SSSR count). The number of halogens is 1. The van der Waals surface area contributed by atoms with Crippen molar-refractivity contribution in [3.05, 3.63) is 35.7 Å². The van der Waals surface area contributed by atoms with E-state index in [4.69, 9.17) is 10.2 Å². The molecule has 0 radical (unpaired) electrons. The first-order chi connectivity index (χ1) is 10.0. The fourth-order valence-corrected chi connectivity index (χ4v) is 2.08. The minimum atomic E-state index is -0.483. The van der Waals surface area contributed by atoms with Gasteiger partial charge in [0.05, 0.1) is 11.7 Å². The summed E-state index contributed by atoms with van der Waals surface area (Å²) in [5.41, 5.74) is 9.24. The number of anilines is 1. The second-order valence-electron chi connectivity index (χ2n) is 5.21. The van der Waals surface area contributed by atoms with E-state index < -0.39 is 6.04 Å². The van der Waals surface area contributed by atoms with Gasteiger partial charge in [0.1, 0.15) is 6.26 Å². The number of nitrogens with zero attached hydrogens (tertiary/aromatic N) is 1. The zero-order chi connectivity index (χ0) is 15.4. The molecule has 3 N–H and O–H groups in total. The summed E-state index contributed by atoms with van der Waals surface area (Å²) in [5, 5.41) is 2.84. The number of hydrogen-bond donors (Lipinski definition) is 2. The lowest BCUT2D eigenvalue weighted by Crippen LogP contribution is -2.35. The number of amides is 1. The highest BCUT2D eigenvalue weighted by Crippen LogP contribution is 2.26.